The number of thiophene rings is 1. The molecule has 0 bridgehead atoms. The molecule has 0 unspecified atom stereocenters. The fourth-order valence-electron chi connectivity index (χ4n) is 2.36. The van der Waals surface area contributed by atoms with E-state index in [1.807, 2.05) is 42.5 Å². The van der Waals surface area contributed by atoms with E-state index in [0.717, 1.165) is 27.1 Å². The van der Waals surface area contributed by atoms with E-state index in [1.165, 1.54) is 11.3 Å². The van der Waals surface area contributed by atoms with Gasteiger partial charge in [-0.05, 0) is 24.3 Å². The van der Waals surface area contributed by atoms with Crippen LogP contribution >= 0.6 is 22.9 Å². The second-order valence-corrected chi connectivity index (χ2v) is 6.59. The first kappa shape index (κ1) is 14.9. The summed E-state index contributed by atoms with van der Waals surface area (Å²) in [5, 5.41) is 4.89. The number of benzene rings is 2. The highest BCUT2D eigenvalue weighted by atomic mass is 35.5. The SMILES string of the molecule is COc1ccc(NC(=O)Cc2ccc(Cl)s2)c2ccccc12. The molecule has 0 saturated heterocycles. The number of hydrogen-bond acceptors (Lipinski definition) is 3. The minimum absolute atomic E-state index is 0.0613. The van der Waals surface area contributed by atoms with Crippen LogP contribution in [0.2, 0.25) is 4.34 Å². The molecule has 1 heterocycles. The number of halogens is 1. The molecule has 0 fully saturated rings. The lowest BCUT2D eigenvalue weighted by Gasteiger charge is -2.11. The topological polar surface area (TPSA) is 38.3 Å². The second-order valence-electron chi connectivity index (χ2n) is 4.79. The van der Waals surface area contributed by atoms with E-state index in [0.29, 0.717) is 10.8 Å². The van der Waals surface area contributed by atoms with Gasteiger partial charge in [-0.3, -0.25) is 4.79 Å². The maximum Gasteiger partial charge on any atom is 0.229 e. The van der Waals surface area contributed by atoms with Gasteiger partial charge in [0, 0.05) is 21.3 Å². The molecule has 0 atom stereocenters. The summed E-state index contributed by atoms with van der Waals surface area (Å²) in [5.74, 6) is 0.729. The molecule has 3 nitrogen and oxygen atoms in total. The van der Waals surface area contributed by atoms with Gasteiger partial charge < -0.3 is 10.1 Å². The van der Waals surface area contributed by atoms with E-state index < -0.39 is 0 Å². The van der Waals surface area contributed by atoms with Gasteiger partial charge in [-0.1, -0.05) is 35.9 Å². The van der Waals surface area contributed by atoms with Gasteiger partial charge in [-0.15, -0.1) is 11.3 Å². The zero-order valence-electron chi connectivity index (χ0n) is 11.9. The molecule has 0 radical (unpaired) electrons. The van der Waals surface area contributed by atoms with E-state index >= 15 is 0 Å². The first-order chi connectivity index (χ1) is 10.7. The van der Waals surface area contributed by atoms with Crippen LogP contribution in [0.1, 0.15) is 4.88 Å². The van der Waals surface area contributed by atoms with E-state index in [1.54, 1.807) is 13.2 Å². The van der Waals surface area contributed by atoms with Gasteiger partial charge in [0.1, 0.15) is 5.75 Å². The number of ether oxygens (including phenoxy) is 1. The monoisotopic (exact) mass is 331 g/mol. The Morgan fingerprint density at radius 1 is 1.14 bits per heavy atom. The van der Waals surface area contributed by atoms with Crippen LogP contribution in [0.5, 0.6) is 5.75 Å². The van der Waals surface area contributed by atoms with Gasteiger partial charge in [0.25, 0.3) is 0 Å². The number of amides is 1. The molecule has 1 aromatic heterocycles. The highest BCUT2D eigenvalue weighted by Gasteiger charge is 2.10. The molecule has 0 aliphatic rings. The third-order valence-corrected chi connectivity index (χ3v) is 4.57. The van der Waals surface area contributed by atoms with Crippen LogP contribution in [0.3, 0.4) is 0 Å². The van der Waals surface area contributed by atoms with Gasteiger partial charge in [0.05, 0.1) is 17.9 Å². The standard InChI is InChI=1S/C17H14ClNO2S/c1-21-15-8-7-14(12-4-2-3-5-13(12)15)19-17(20)10-11-6-9-16(18)22-11/h2-9H,10H2,1H3,(H,19,20). The third kappa shape index (κ3) is 3.08. The Morgan fingerprint density at radius 3 is 2.59 bits per heavy atom. The average Bonchev–Trinajstić information content (AvgIpc) is 2.92. The Balaban J connectivity index is 1.86. The average molecular weight is 332 g/mol. The lowest BCUT2D eigenvalue weighted by molar-refractivity contribution is -0.115. The number of rotatable bonds is 4. The van der Waals surface area contributed by atoms with Crippen molar-refractivity contribution >= 4 is 45.3 Å². The summed E-state index contributed by atoms with van der Waals surface area (Å²) in [6.45, 7) is 0. The van der Waals surface area contributed by atoms with Crippen LogP contribution in [0, 0.1) is 0 Å². The number of methoxy groups -OCH3 is 1. The molecular formula is C17H14ClNO2S. The summed E-state index contributed by atoms with van der Waals surface area (Å²) in [4.78, 5) is 13.2. The second kappa shape index (κ2) is 6.38. The zero-order chi connectivity index (χ0) is 15.5. The van der Waals surface area contributed by atoms with Crippen LogP contribution < -0.4 is 10.1 Å². The van der Waals surface area contributed by atoms with Crippen molar-refractivity contribution in [1.82, 2.24) is 0 Å². The number of hydrogen-bond donors (Lipinski definition) is 1. The molecule has 0 aliphatic carbocycles. The van der Waals surface area contributed by atoms with E-state index in [2.05, 4.69) is 5.32 Å². The van der Waals surface area contributed by atoms with Crippen molar-refractivity contribution in [1.29, 1.82) is 0 Å². The maximum atomic E-state index is 12.2. The van der Waals surface area contributed by atoms with Crippen LogP contribution in [0.25, 0.3) is 10.8 Å². The lowest BCUT2D eigenvalue weighted by Crippen LogP contribution is -2.14. The minimum Gasteiger partial charge on any atom is -0.496 e. The molecule has 1 amide bonds. The van der Waals surface area contributed by atoms with Crippen LogP contribution in [0.15, 0.2) is 48.5 Å². The molecule has 1 N–H and O–H groups in total. The summed E-state index contributed by atoms with van der Waals surface area (Å²) in [6.07, 6.45) is 0.317. The Labute approximate surface area is 137 Å². The first-order valence-electron chi connectivity index (χ1n) is 6.77. The lowest BCUT2D eigenvalue weighted by atomic mass is 10.1. The number of carbonyl (C=O) groups is 1. The number of anilines is 1. The first-order valence-corrected chi connectivity index (χ1v) is 7.96. The minimum atomic E-state index is -0.0613. The maximum absolute atomic E-state index is 12.2. The molecule has 3 aromatic rings. The van der Waals surface area contributed by atoms with Gasteiger partial charge in [-0.2, -0.15) is 0 Å². The summed E-state index contributed by atoms with van der Waals surface area (Å²) < 4.78 is 6.05. The molecule has 112 valence electrons. The normalized spacial score (nSPS) is 10.6. The van der Waals surface area contributed by atoms with Gasteiger partial charge in [-0.25, -0.2) is 0 Å². The Kier molecular flexibility index (Phi) is 4.32. The van der Waals surface area contributed by atoms with Gasteiger partial charge >= 0.3 is 0 Å². The van der Waals surface area contributed by atoms with Crippen LogP contribution in [-0.2, 0) is 11.2 Å². The van der Waals surface area contributed by atoms with E-state index in [4.69, 9.17) is 16.3 Å². The van der Waals surface area contributed by atoms with Crippen molar-refractivity contribution < 1.29 is 9.53 Å². The number of carbonyl (C=O) groups excluding carboxylic acids is 1. The Bertz CT molecular complexity index is 828. The highest BCUT2D eigenvalue weighted by Crippen LogP contribution is 2.31. The predicted octanol–water partition coefficient (Wildman–Crippen LogP) is 4.74. The molecule has 5 heteroatoms. The fraction of sp³-hybridized carbons (Fsp3) is 0.118. The molecule has 0 saturated carbocycles. The number of fused-ring (bicyclic) bond motifs is 1. The largest absolute Gasteiger partial charge is 0.496 e. The summed E-state index contributed by atoms with van der Waals surface area (Å²) in [7, 11) is 1.64. The zero-order valence-corrected chi connectivity index (χ0v) is 13.5. The van der Waals surface area contributed by atoms with Crippen molar-refractivity contribution in [3.8, 4) is 5.75 Å². The molecule has 0 spiro atoms. The quantitative estimate of drug-likeness (QED) is 0.749. The van der Waals surface area contributed by atoms with Crippen LogP contribution in [0.4, 0.5) is 5.69 Å². The molecule has 3 rings (SSSR count). The summed E-state index contributed by atoms with van der Waals surface area (Å²) in [6, 6.07) is 15.2. The highest BCUT2D eigenvalue weighted by molar-refractivity contribution is 7.16. The molecule has 2 aromatic carbocycles. The van der Waals surface area contributed by atoms with Crippen molar-refractivity contribution in [3.05, 3.63) is 57.7 Å². The van der Waals surface area contributed by atoms with Crippen molar-refractivity contribution in [3.63, 3.8) is 0 Å². The molecule has 22 heavy (non-hydrogen) atoms. The van der Waals surface area contributed by atoms with Crippen molar-refractivity contribution in [2.75, 3.05) is 12.4 Å². The van der Waals surface area contributed by atoms with Crippen molar-refractivity contribution in [2.24, 2.45) is 0 Å². The Hall–Kier alpha value is -2.04. The number of nitrogens with one attached hydrogen (secondary N) is 1. The molecular weight excluding hydrogens is 318 g/mol. The smallest absolute Gasteiger partial charge is 0.229 e. The fourth-order valence-corrected chi connectivity index (χ4v) is 3.44. The van der Waals surface area contributed by atoms with E-state index in [9.17, 15) is 4.79 Å². The van der Waals surface area contributed by atoms with Gasteiger partial charge in [0.15, 0.2) is 0 Å². The Morgan fingerprint density at radius 2 is 1.91 bits per heavy atom. The third-order valence-electron chi connectivity index (χ3n) is 3.34. The van der Waals surface area contributed by atoms with Crippen molar-refractivity contribution in [2.45, 2.75) is 6.42 Å². The molecule has 0 aliphatic heterocycles. The van der Waals surface area contributed by atoms with Gasteiger partial charge in [0.2, 0.25) is 5.91 Å². The summed E-state index contributed by atoms with van der Waals surface area (Å²) >= 11 is 7.31. The van der Waals surface area contributed by atoms with Crippen LogP contribution in [-0.4, -0.2) is 13.0 Å². The summed E-state index contributed by atoms with van der Waals surface area (Å²) in [5.41, 5.74) is 0.782. The van der Waals surface area contributed by atoms with E-state index in [-0.39, 0.29) is 5.91 Å². The predicted molar refractivity (Wildman–Crippen MR) is 92.2 cm³/mol.